The Morgan fingerprint density at radius 2 is 2.07 bits per heavy atom. The van der Waals surface area contributed by atoms with Crippen molar-refractivity contribution in [2.24, 2.45) is 16.0 Å². The molecule has 3 heterocycles. The zero-order valence-electron chi connectivity index (χ0n) is 15.7. The Bertz CT molecular complexity index is 1120. The number of rotatable bonds is 4. The zero-order valence-corrected chi connectivity index (χ0v) is 18.0. The Labute approximate surface area is 182 Å². The molecule has 9 heteroatoms. The number of carbonyl (C=O) groups is 1. The molecule has 0 atom stereocenters. The minimum Gasteiger partial charge on any atom is -0.316 e. The second-order valence-corrected chi connectivity index (χ2v) is 8.89. The highest BCUT2D eigenvalue weighted by molar-refractivity contribution is 8.26. The summed E-state index contributed by atoms with van der Waals surface area (Å²) in [5, 5.41) is 16.7. The molecule has 2 aliphatic heterocycles. The second kappa shape index (κ2) is 7.82. The molecule has 1 amide bonds. The number of thioether (sulfide) groups is 1. The van der Waals surface area contributed by atoms with Crippen molar-refractivity contribution in [1.29, 1.82) is 5.41 Å². The molecule has 6 nitrogen and oxygen atoms in total. The number of hydrazone groups is 1. The quantitative estimate of drug-likeness (QED) is 0.635. The first-order chi connectivity index (χ1) is 13.8. The first-order valence-electron chi connectivity index (χ1n) is 8.95. The summed E-state index contributed by atoms with van der Waals surface area (Å²) in [6, 6.07) is 8.89. The van der Waals surface area contributed by atoms with Gasteiger partial charge in [-0.2, -0.15) is 15.1 Å². The number of aromatic nitrogens is 1. The number of amides is 1. The molecule has 0 radical (unpaired) electrons. The van der Waals surface area contributed by atoms with E-state index in [0.717, 1.165) is 17.2 Å². The van der Waals surface area contributed by atoms with Crippen molar-refractivity contribution in [3.63, 3.8) is 0 Å². The van der Waals surface area contributed by atoms with Gasteiger partial charge >= 0.3 is 0 Å². The third-order valence-corrected chi connectivity index (χ3v) is 5.79. The molecule has 148 valence electrons. The summed E-state index contributed by atoms with van der Waals surface area (Å²) < 4.78 is 1.83. The largest absolute Gasteiger partial charge is 0.316 e. The van der Waals surface area contributed by atoms with Gasteiger partial charge in [0.1, 0.15) is 5.04 Å². The van der Waals surface area contributed by atoms with Gasteiger partial charge in [-0.25, -0.2) is 0 Å². The SMILES string of the molecule is CC(C)CC1=NN2C(=N)/C(=C\c3cccn3-c3ccc(Cl)cc3Cl)C(=O)N=C2S1. The van der Waals surface area contributed by atoms with Gasteiger partial charge in [-0.3, -0.25) is 10.2 Å². The number of hydrogen-bond acceptors (Lipinski definition) is 4. The van der Waals surface area contributed by atoms with Gasteiger partial charge in [-0.05, 0) is 54.1 Å². The fourth-order valence-corrected chi connectivity index (χ4v) is 4.62. The average molecular weight is 446 g/mol. The van der Waals surface area contributed by atoms with Crippen molar-refractivity contribution in [2.75, 3.05) is 0 Å². The Balaban J connectivity index is 1.70. The molecule has 0 bridgehead atoms. The van der Waals surface area contributed by atoms with Crippen LogP contribution < -0.4 is 0 Å². The summed E-state index contributed by atoms with van der Waals surface area (Å²) in [5.74, 6) is -0.0126. The van der Waals surface area contributed by atoms with E-state index in [1.54, 1.807) is 24.3 Å². The maximum Gasteiger partial charge on any atom is 0.283 e. The van der Waals surface area contributed by atoms with Crippen LogP contribution in [-0.4, -0.2) is 31.5 Å². The van der Waals surface area contributed by atoms with E-state index in [4.69, 9.17) is 28.6 Å². The van der Waals surface area contributed by atoms with Crippen molar-refractivity contribution in [3.05, 3.63) is 57.8 Å². The van der Waals surface area contributed by atoms with E-state index in [1.807, 2.05) is 22.9 Å². The number of fused-ring (bicyclic) bond motifs is 1. The number of nitrogens with one attached hydrogen (secondary N) is 1. The molecule has 1 N–H and O–H groups in total. The maximum absolute atomic E-state index is 12.6. The smallest absolute Gasteiger partial charge is 0.283 e. The van der Waals surface area contributed by atoms with Crippen LogP contribution in [0.2, 0.25) is 10.0 Å². The Kier molecular flexibility index (Phi) is 5.38. The van der Waals surface area contributed by atoms with Crippen molar-refractivity contribution in [1.82, 2.24) is 9.58 Å². The summed E-state index contributed by atoms with van der Waals surface area (Å²) in [6.07, 6.45) is 4.24. The van der Waals surface area contributed by atoms with E-state index in [0.29, 0.717) is 26.8 Å². The number of nitrogens with zero attached hydrogens (tertiary/aromatic N) is 4. The molecule has 2 aromatic rings. The molecule has 0 unspecified atom stereocenters. The van der Waals surface area contributed by atoms with Crippen LogP contribution in [-0.2, 0) is 4.79 Å². The lowest BCUT2D eigenvalue weighted by Crippen LogP contribution is -2.35. The van der Waals surface area contributed by atoms with Crippen LogP contribution in [0.1, 0.15) is 26.0 Å². The molecule has 1 aromatic heterocycles. The van der Waals surface area contributed by atoms with Crippen LogP contribution in [0.5, 0.6) is 0 Å². The van der Waals surface area contributed by atoms with Gasteiger partial charge < -0.3 is 4.57 Å². The van der Waals surface area contributed by atoms with Gasteiger partial charge in [-0.15, -0.1) is 0 Å². The topological polar surface area (TPSA) is 73.8 Å². The van der Waals surface area contributed by atoms with Gasteiger partial charge in [0.2, 0.25) is 5.17 Å². The van der Waals surface area contributed by atoms with Gasteiger partial charge in [0, 0.05) is 23.3 Å². The number of aliphatic imine (C=N–C) groups is 1. The lowest BCUT2D eigenvalue weighted by molar-refractivity contribution is -0.114. The Morgan fingerprint density at radius 3 is 2.79 bits per heavy atom. The van der Waals surface area contributed by atoms with Crippen molar-refractivity contribution >= 4 is 63.0 Å². The van der Waals surface area contributed by atoms with Crippen LogP contribution in [0.15, 0.2) is 52.2 Å². The molecule has 2 aliphatic rings. The minimum absolute atomic E-state index is 0.0150. The standard InChI is InChI=1S/C20H17Cl2N5OS/c1-11(2)8-17-25-27-18(23)14(19(28)24-20(27)29-17)10-13-4-3-7-26(13)16-6-5-12(21)9-15(16)22/h3-7,9-11,23H,8H2,1-2H3/b14-10+,23-18?. The lowest BCUT2D eigenvalue weighted by Gasteiger charge is -2.20. The Morgan fingerprint density at radius 1 is 1.28 bits per heavy atom. The van der Waals surface area contributed by atoms with Crippen LogP contribution in [0.25, 0.3) is 11.8 Å². The minimum atomic E-state index is -0.454. The predicted molar refractivity (Wildman–Crippen MR) is 120 cm³/mol. The van der Waals surface area contributed by atoms with E-state index >= 15 is 0 Å². The summed E-state index contributed by atoms with van der Waals surface area (Å²) in [5.41, 5.74) is 1.59. The first kappa shape index (κ1) is 19.9. The van der Waals surface area contributed by atoms with Crippen LogP contribution in [0.3, 0.4) is 0 Å². The van der Waals surface area contributed by atoms with Crippen molar-refractivity contribution in [3.8, 4) is 5.69 Å². The third-order valence-electron chi connectivity index (χ3n) is 4.32. The van der Waals surface area contributed by atoms with E-state index in [-0.39, 0.29) is 11.4 Å². The normalized spacial score (nSPS) is 17.8. The number of hydrogen-bond donors (Lipinski definition) is 1. The summed E-state index contributed by atoms with van der Waals surface area (Å²) in [6.45, 7) is 4.19. The van der Waals surface area contributed by atoms with Crippen LogP contribution in [0.4, 0.5) is 0 Å². The van der Waals surface area contributed by atoms with Gasteiger partial charge in [-0.1, -0.05) is 37.0 Å². The fourth-order valence-electron chi connectivity index (χ4n) is 3.02. The highest BCUT2D eigenvalue weighted by Gasteiger charge is 2.35. The molecule has 29 heavy (non-hydrogen) atoms. The van der Waals surface area contributed by atoms with Crippen LogP contribution >= 0.6 is 35.0 Å². The third kappa shape index (κ3) is 3.90. The van der Waals surface area contributed by atoms with E-state index < -0.39 is 5.91 Å². The molecule has 0 saturated carbocycles. The molecular weight excluding hydrogens is 429 g/mol. The average Bonchev–Trinajstić information content (AvgIpc) is 3.25. The number of amidine groups is 2. The van der Waals surface area contributed by atoms with E-state index in [1.165, 1.54) is 16.8 Å². The number of benzene rings is 1. The maximum atomic E-state index is 12.6. The van der Waals surface area contributed by atoms with Gasteiger partial charge in [0.05, 0.1) is 16.3 Å². The lowest BCUT2D eigenvalue weighted by atomic mass is 10.1. The fraction of sp³-hybridized carbons (Fsp3) is 0.200. The highest BCUT2D eigenvalue weighted by Crippen LogP contribution is 2.31. The van der Waals surface area contributed by atoms with Gasteiger partial charge in [0.15, 0.2) is 5.84 Å². The summed E-state index contributed by atoms with van der Waals surface area (Å²) >= 11 is 13.7. The molecule has 0 fully saturated rings. The van der Waals surface area contributed by atoms with Crippen molar-refractivity contribution in [2.45, 2.75) is 20.3 Å². The summed E-state index contributed by atoms with van der Waals surface area (Å²) in [4.78, 5) is 16.8. The van der Waals surface area contributed by atoms with E-state index in [9.17, 15) is 4.79 Å². The Hall–Kier alpha value is -2.35. The predicted octanol–water partition coefficient (Wildman–Crippen LogP) is 5.45. The van der Waals surface area contributed by atoms with Crippen LogP contribution in [0, 0.1) is 11.3 Å². The highest BCUT2D eigenvalue weighted by atomic mass is 35.5. The molecule has 0 aliphatic carbocycles. The van der Waals surface area contributed by atoms with E-state index in [2.05, 4.69) is 23.9 Å². The van der Waals surface area contributed by atoms with Gasteiger partial charge in [0.25, 0.3) is 5.91 Å². The van der Waals surface area contributed by atoms with Crippen molar-refractivity contribution < 1.29 is 4.79 Å². The molecule has 0 spiro atoms. The molecule has 1 aromatic carbocycles. The number of carbonyl (C=O) groups excluding carboxylic acids is 1. The summed E-state index contributed by atoms with van der Waals surface area (Å²) in [7, 11) is 0. The second-order valence-electron chi connectivity index (χ2n) is 7.01. The molecular formula is C20H17Cl2N5OS. The zero-order chi connectivity index (χ0) is 20.7. The number of halogens is 2. The monoisotopic (exact) mass is 445 g/mol. The first-order valence-corrected chi connectivity index (χ1v) is 10.5. The molecule has 0 saturated heterocycles. The molecule has 4 rings (SSSR count).